The topological polar surface area (TPSA) is 45.8 Å². The summed E-state index contributed by atoms with van der Waals surface area (Å²) in [6, 6.07) is 7.39. The van der Waals surface area contributed by atoms with Gasteiger partial charge in [-0.3, -0.25) is 4.79 Å². The van der Waals surface area contributed by atoms with Crippen LogP contribution < -0.4 is 5.56 Å². The molecule has 1 N–H and O–H groups in total. The highest BCUT2D eigenvalue weighted by Crippen LogP contribution is 2.16. The first-order valence-corrected chi connectivity index (χ1v) is 5.01. The minimum absolute atomic E-state index is 0.277. The maximum Gasteiger partial charge on any atom is 0.264 e. The van der Waals surface area contributed by atoms with Gasteiger partial charge in [-0.25, -0.2) is 9.49 Å². The quantitative estimate of drug-likeness (QED) is 0.872. The second-order valence-corrected chi connectivity index (χ2v) is 3.76. The summed E-state index contributed by atoms with van der Waals surface area (Å²) in [6.07, 6.45) is 0.319. The number of nitrogens with one attached hydrogen (secondary N) is 1. The molecule has 16 heavy (non-hydrogen) atoms. The van der Waals surface area contributed by atoms with E-state index in [4.69, 9.17) is 11.6 Å². The second-order valence-electron chi connectivity index (χ2n) is 3.33. The summed E-state index contributed by atoms with van der Waals surface area (Å²) in [5, 5.41) is 6.45. The van der Waals surface area contributed by atoms with E-state index in [-0.39, 0.29) is 11.4 Å². The van der Waals surface area contributed by atoms with E-state index in [9.17, 15) is 9.18 Å². The zero-order chi connectivity index (χ0) is 11.5. The van der Waals surface area contributed by atoms with Crippen LogP contribution in [0, 0.1) is 5.82 Å². The lowest BCUT2D eigenvalue weighted by atomic mass is 10.1. The number of halogens is 2. The number of H-pyrrole nitrogens is 1. The molecule has 0 aliphatic heterocycles. The smallest absolute Gasteiger partial charge is 0.264 e. The minimum Gasteiger partial charge on any atom is -0.268 e. The van der Waals surface area contributed by atoms with E-state index >= 15 is 0 Å². The van der Waals surface area contributed by atoms with E-state index in [0.717, 1.165) is 0 Å². The second kappa shape index (κ2) is 4.45. The summed E-state index contributed by atoms with van der Waals surface area (Å²) in [4.78, 5) is 10.8. The van der Waals surface area contributed by atoms with Gasteiger partial charge in [-0.2, -0.15) is 5.10 Å². The Kier molecular flexibility index (Phi) is 3.01. The lowest BCUT2D eigenvalue weighted by Gasteiger charge is -2.02. The maximum absolute atomic E-state index is 13.4. The summed E-state index contributed by atoms with van der Waals surface area (Å²) >= 11 is 5.64. The van der Waals surface area contributed by atoms with E-state index in [2.05, 4.69) is 10.2 Å². The molecule has 2 rings (SSSR count). The zero-order valence-electron chi connectivity index (χ0n) is 8.21. The molecule has 1 aromatic heterocycles. The lowest BCUT2D eigenvalue weighted by Crippen LogP contribution is -2.08. The van der Waals surface area contributed by atoms with E-state index in [0.29, 0.717) is 22.7 Å². The van der Waals surface area contributed by atoms with Gasteiger partial charge in [0.25, 0.3) is 5.56 Å². The normalized spacial score (nSPS) is 10.4. The molecule has 0 radical (unpaired) electrons. The molecule has 3 nitrogen and oxygen atoms in total. The molecule has 0 aliphatic carbocycles. The Morgan fingerprint density at radius 2 is 2.12 bits per heavy atom. The van der Waals surface area contributed by atoms with Crippen LogP contribution in [0.2, 0.25) is 5.02 Å². The van der Waals surface area contributed by atoms with E-state index < -0.39 is 0 Å². The molecule has 0 bridgehead atoms. The van der Waals surface area contributed by atoms with Crippen LogP contribution in [0.3, 0.4) is 0 Å². The Labute approximate surface area is 95.9 Å². The molecule has 5 heteroatoms. The van der Waals surface area contributed by atoms with E-state index in [1.165, 1.54) is 12.1 Å². The van der Waals surface area contributed by atoms with Gasteiger partial charge in [0.1, 0.15) is 5.82 Å². The lowest BCUT2D eigenvalue weighted by molar-refractivity contribution is 0.612. The van der Waals surface area contributed by atoms with Crippen LogP contribution in [0.15, 0.2) is 35.1 Å². The highest BCUT2D eigenvalue weighted by atomic mass is 35.5. The van der Waals surface area contributed by atoms with Gasteiger partial charge in [-0.15, -0.1) is 0 Å². The predicted molar refractivity (Wildman–Crippen MR) is 59.1 cm³/mol. The number of hydrogen-bond donors (Lipinski definition) is 1. The van der Waals surface area contributed by atoms with Crippen molar-refractivity contribution in [1.82, 2.24) is 10.2 Å². The van der Waals surface area contributed by atoms with Gasteiger partial charge >= 0.3 is 0 Å². The Hall–Kier alpha value is -1.68. The van der Waals surface area contributed by atoms with Crippen LogP contribution in [0.4, 0.5) is 4.39 Å². The van der Waals surface area contributed by atoms with Gasteiger partial charge in [0, 0.05) is 17.5 Å². The summed E-state index contributed by atoms with van der Waals surface area (Å²) in [7, 11) is 0. The number of aromatic amines is 1. The molecule has 0 fully saturated rings. The van der Waals surface area contributed by atoms with Gasteiger partial charge in [-0.1, -0.05) is 17.7 Å². The van der Waals surface area contributed by atoms with Gasteiger partial charge in [0.2, 0.25) is 0 Å². The van der Waals surface area contributed by atoms with Crippen LogP contribution in [0.25, 0.3) is 0 Å². The van der Waals surface area contributed by atoms with Gasteiger partial charge in [-0.05, 0) is 23.8 Å². The van der Waals surface area contributed by atoms with Crippen molar-refractivity contribution in [3.05, 3.63) is 62.8 Å². The average molecular weight is 239 g/mol. The number of nitrogens with zero attached hydrogens (tertiary/aromatic N) is 1. The van der Waals surface area contributed by atoms with Crippen LogP contribution >= 0.6 is 11.6 Å². The van der Waals surface area contributed by atoms with Crippen molar-refractivity contribution >= 4 is 11.6 Å². The molecule has 0 saturated heterocycles. The predicted octanol–water partition coefficient (Wildman–Crippen LogP) is 2.15. The van der Waals surface area contributed by atoms with Crippen LogP contribution in [0.1, 0.15) is 11.3 Å². The van der Waals surface area contributed by atoms with Gasteiger partial charge < -0.3 is 0 Å². The molecule has 0 aliphatic rings. The highest BCUT2D eigenvalue weighted by molar-refractivity contribution is 6.30. The summed E-state index contributed by atoms with van der Waals surface area (Å²) in [6.45, 7) is 0. The molecule has 0 atom stereocenters. The number of rotatable bonds is 2. The molecular weight excluding hydrogens is 231 g/mol. The van der Waals surface area contributed by atoms with Gasteiger partial charge in [0.05, 0.1) is 5.69 Å². The summed E-state index contributed by atoms with van der Waals surface area (Å²) in [5.74, 6) is -0.375. The zero-order valence-corrected chi connectivity index (χ0v) is 8.96. The Morgan fingerprint density at radius 3 is 2.75 bits per heavy atom. The summed E-state index contributed by atoms with van der Waals surface area (Å²) in [5.41, 5.74) is 0.810. The first-order valence-electron chi connectivity index (χ1n) is 4.64. The third kappa shape index (κ3) is 2.46. The van der Waals surface area contributed by atoms with E-state index in [1.807, 2.05) is 0 Å². The van der Waals surface area contributed by atoms with Crippen molar-refractivity contribution in [2.45, 2.75) is 6.42 Å². The van der Waals surface area contributed by atoms with E-state index in [1.54, 1.807) is 18.2 Å². The third-order valence-corrected chi connectivity index (χ3v) is 2.36. The molecule has 0 amide bonds. The fourth-order valence-electron chi connectivity index (χ4n) is 1.33. The fourth-order valence-corrected chi connectivity index (χ4v) is 1.49. The number of hydrogen-bond acceptors (Lipinski definition) is 2. The minimum atomic E-state index is -0.375. The first-order chi connectivity index (χ1) is 7.65. The molecule has 0 unspecified atom stereocenters. The monoisotopic (exact) mass is 238 g/mol. The standard InChI is InChI=1S/C11H8ClFN2O/c12-8-2-1-7(10(13)6-8)5-9-3-4-11(16)15-14-9/h1-4,6H,5H2,(H,15,16). The Balaban J connectivity index is 2.27. The molecule has 82 valence electrons. The Morgan fingerprint density at radius 1 is 1.31 bits per heavy atom. The molecule has 1 aromatic carbocycles. The number of aromatic nitrogens is 2. The first kappa shape index (κ1) is 10.8. The average Bonchev–Trinajstić information content (AvgIpc) is 2.25. The van der Waals surface area contributed by atoms with Gasteiger partial charge in [0.15, 0.2) is 0 Å². The maximum atomic E-state index is 13.4. The molecule has 1 heterocycles. The Bertz CT molecular complexity index is 548. The SMILES string of the molecule is O=c1ccc(Cc2ccc(Cl)cc2F)n[nH]1. The van der Waals surface area contributed by atoms with Crippen molar-refractivity contribution < 1.29 is 4.39 Å². The van der Waals surface area contributed by atoms with Crippen molar-refractivity contribution in [3.8, 4) is 0 Å². The van der Waals surface area contributed by atoms with Crippen molar-refractivity contribution in [2.75, 3.05) is 0 Å². The molecule has 0 spiro atoms. The summed E-state index contributed by atoms with van der Waals surface area (Å²) < 4.78 is 13.4. The van der Waals surface area contributed by atoms with Crippen molar-refractivity contribution in [3.63, 3.8) is 0 Å². The highest BCUT2D eigenvalue weighted by Gasteiger charge is 2.04. The van der Waals surface area contributed by atoms with Crippen LogP contribution in [0.5, 0.6) is 0 Å². The number of benzene rings is 1. The molecular formula is C11H8ClFN2O. The third-order valence-electron chi connectivity index (χ3n) is 2.12. The fraction of sp³-hybridized carbons (Fsp3) is 0.0909. The van der Waals surface area contributed by atoms with Crippen LogP contribution in [-0.2, 0) is 6.42 Å². The van der Waals surface area contributed by atoms with Crippen LogP contribution in [-0.4, -0.2) is 10.2 Å². The van der Waals surface area contributed by atoms with Crippen molar-refractivity contribution in [2.24, 2.45) is 0 Å². The molecule has 0 saturated carbocycles. The largest absolute Gasteiger partial charge is 0.268 e. The molecule has 2 aromatic rings. The van der Waals surface area contributed by atoms with Crippen molar-refractivity contribution in [1.29, 1.82) is 0 Å².